The van der Waals surface area contributed by atoms with Crippen LogP contribution in [-0.2, 0) is 0 Å². The van der Waals surface area contributed by atoms with Gasteiger partial charge in [0.1, 0.15) is 0 Å². The predicted octanol–water partition coefficient (Wildman–Crippen LogP) is 8.16. The average Bonchev–Trinajstić information content (AvgIpc) is 3.11. The van der Waals surface area contributed by atoms with Gasteiger partial charge in [0.25, 0.3) is 0 Å². The minimum absolute atomic E-state index is 0.318. The van der Waals surface area contributed by atoms with Gasteiger partial charge in [-0.25, -0.2) is 0 Å². The minimum Gasteiger partial charge on any atom is -0.392 e. The number of rotatable bonds is 36. The molecule has 51 heavy (non-hydrogen) atoms. The zero-order valence-electron chi connectivity index (χ0n) is 33.6. The molecule has 1 rings (SSSR count). The van der Waals surface area contributed by atoms with Gasteiger partial charge in [-0.1, -0.05) is 117 Å². The van der Waals surface area contributed by atoms with Crippen molar-refractivity contribution in [2.45, 2.75) is 167 Å². The number of piperazine rings is 1. The van der Waals surface area contributed by atoms with Gasteiger partial charge >= 0.3 is 0 Å². The predicted molar refractivity (Wildman–Crippen MR) is 229 cm³/mol. The van der Waals surface area contributed by atoms with Crippen molar-refractivity contribution in [1.82, 2.24) is 20.0 Å². The maximum atomic E-state index is 11.0. The smallest absolute Gasteiger partial charge is 0.0667 e. The second-order valence-electron chi connectivity index (χ2n) is 15.0. The Bertz CT molecular complexity index is 825. The van der Waals surface area contributed by atoms with Crippen LogP contribution in [0.25, 0.3) is 0 Å². The van der Waals surface area contributed by atoms with Gasteiger partial charge in [-0.2, -0.15) is 23.5 Å². The monoisotopic (exact) mass is 751 g/mol. The lowest BCUT2D eigenvalue weighted by Crippen LogP contribution is -2.58. The molecule has 0 radical (unpaired) electrons. The van der Waals surface area contributed by atoms with E-state index in [0.29, 0.717) is 25.2 Å². The highest BCUT2D eigenvalue weighted by atomic mass is 32.2. The molecule has 1 heterocycles. The summed E-state index contributed by atoms with van der Waals surface area (Å²) >= 11 is 3.99. The first-order valence-electron chi connectivity index (χ1n) is 21.2. The molecule has 1 fully saturated rings. The van der Waals surface area contributed by atoms with Crippen LogP contribution in [0, 0.1) is 24.7 Å². The average molecular weight is 751 g/mol. The number of aliphatic hydroxyl groups is 2. The summed E-state index contributed by atoms with van der Waals surface area (Å²) in [5.41, 5.74) is 0. The molecule has 0 aromatic heterocycles. The number of thioether (sulfide) groups is 2. The van der Waals surface area contributed by atoms with Gasteiger partial charge in [-0.15, -0.1) is 24.7 Å². The molecule has 0 aromatic rings. The zero-order valence-corrected chi connectivity index (χ0v) is 35.3. The molecule has 1 aliphatic rings. The molecule has 3 N–H and O–H groups in total. The normalized spacial score (nSPS) is 18.2. The summed E-state index contributed by atoms with van der Waals surface area (Å²) < 4.78 is 0. The van der Waals surface area contributed by atoms with Crippen LogP contribution in [0.4, 0.5) is 0 Å². The van der Waals surface area contributed by atoms with E-state index < -0.39 is 0 Å². The highest BCUT2D eigenvalue weighted by Crippen LogP contribution is 2.21. The van der Waals surface area contributed by atoms with Crippen LogP contribution in [-0.4, -0.2) is 132 Å². The molecule has 0 amide bonds. The Kier molecular flexibility index (Phi) is 33.6. The van der Waals surface area contributed by atoms with E-state index in [1.165, 1.54) is 89.9 Å². The molecule has 4 unspecified atom stereocenters. The standard InChI is InChI=1S/C43H82N4O2S2/c1-6-10-12-14-16-18-20-22-26-42(48)38-45(39-43(49)27-23-21-19-17-15-13-11-7-2)29-33-51-35-31-47-37-40(24-8-3)46(36-41(47)25-9-4)30-34-50-32-28-44-5/h3-4,40-44,48-49H,6-7,10-39H2,1-2,5H3. The molecular formula is C43H82N4O2S2. The van der Waals surface area contributed by atoms with E-state index in [-0.39, 0.29) is 12.2 Å². The molecule has 6 nitrogen and oxygen atoms in total. The van der Waals surface area contributed by atoms with E-state index in [0.717, 1.165) is 101 Å². The summed E-state index contributed by atoms with van der Waals surface area (Å²) in [5.74, 6) is 10.2. The quantitative estimate of drug-likeness (QED) is 0.0439. The van der Waals surface area contributed by atoms with Crippen molar-refractivity contribution in [2.75, 3.05) is 82.4 Å². The van der Waals surface area contributed by atoms with Gasteiger partial charge in [0.05, 0.1) is 12.2 Å². The number of nitrogens with zero attached hydrogens (tertiary/aromatic N) is 3. The number of nitrogens with one attached hydrogen (secondary N) is 1. The topological polar surface area (TPSA) is 62.2 Å². The van der Waals surface area contributed by atoms with E-state index in [9.17, 15) is 10.2 Å². The Morgan fingerprint density at radius 2 is 1.06 bits per heavy atom. The third kappa shape index (κ3) is 26.9. The second-order valence-corrected chi connectivity index (χ2v) is 17.5. The van der Waals surface area contributed by atoms with E-state index in [2.05, 4.69) is 45.7 Å². The molecule has 0 aliphatic carbocycles. The van der Waals surface area contributed by atoms with Crippen molar-refractivity contribution in [1.29, 1.82) is 0 Å². The number of hydrogen-bond acceptors (Lipinski definition) is 8. The molecule has 8 heteroatoms. The second kappa shape index (κ2) is 35.3. The molecule has 4 atom stereocenters. The number of hydrogen-bond donors (Lipinski definition) is 3. The SMILES string of the molecule is C#CCC1CN(CCSCCN(CC(O)CCCCCCCCCC)CC(O)CCCCCCCCCC)C(CC#C)CN1CCSCCNC. The van der Waals surface area contributed by atoms with Crippen LogP contribution >= 0.6 is 23.5 Å². The van der Waals surface area contributed by atoms with Gasteiger partial charge in [0, 0.05) is 100 Å². The number of aliphatic hydroxyl groups excluding tert-OH is 2. The third-order valence-corrected chi connectivity index (χ3v) is 12.4. The summed E-state index contributed by atoms with van der Waals surface area (Å²) in [7, 11) is 2.01. The summed E-state index contributed by atoms with van der Waals surface area (Å²) in [6.07, 6.45) is 34.9. The Hall–Kier alpha value is -0.420. The van der Waals surface area contributed by atoms with Gasteiger partial charge in [0.2, 0.25) is 0 Å². The maximum Gasteiger partial charge on any atom is 0.0667 e. The third-order valence-electron chi connectivity index (χ3n) is 10.4. The van der Waals surface area contributed by atoms with Crippen LogP contribution in [0.3, 0.4) is 0 Å². The van der Waals surface area contributed by atoms with Gasteiger partial charge in [0.15, 0.2) is 0 Å². The van der Waals surface area contributed by atoms with Crippen molar-refractivity contribution < 1.29 is 10.2 Å². The molecular weight excluding hydrogens is 669 g/mol. The van der Waals surface area contributed by atoms with E-state index in [1.54, 1.807) is 0 Å². The first kappa shape index (κ1) is 48.6. The molecule has 1 saturated heterocycles. The van der Waals surface area contributed by atoms with Crippen LogP contribution in [0.1, 0.15) is 142 Å². The largest absolute Gasteiger partial charge is 0.392 e. The Balaban J connectivity index is 2.57. The number of terminal acetylenes is 2. The van der Waals surface area contributed by atoms with Gasteiger partial charge < -0.3 is 15.5 Å². The Morgan fingerprint density at radius 3 is 1.47 bits per heavy atom. The van der Waals surface area contributed by atoms with Gasteiger partial charge in [-0.3, -0.25) is 14.7 Å². The number of unbranched alkanes of at least 4 members (excludes halogenated alkanes) is 14. The zero-order chi connectivity index (χ0) is 37.2. The summed E-state index contributed by atoms with van der Waals surface area (Å²) in [4.78, 5) is 7.53. The van der Waals surface area contributed by atoms with Crippen LogP contribution in [0.2, 0.25) is 0 Å². The van der Waals surface area contributed by atoms with E-state index in [1.807, 2.05) is 30.6 Å². The molecule has 0 aromatic carbocycles. The first-order chi connectivity index (χ1) is 25.0. The molecule has 1 aliphatic heterocycles. The molecule has 0 saturated carbocycles. The van der Waals surface area contributed by atoms with Crippen molar-refractivity contribution >= 4 is 23.5 Å². The summed E-state index contributed by atoms with van der Waals surface area (Å²) in [5, 5.41) is 25.2. The Morgan fingerprint density at radius 1 is 0.647 bits per heavy atom. The Labute approximate surface area is 326 Å². The molecule has 0 spiro atoms. The maximum absolute atomic E-state index is 11.0. The summed E-state index contributed by atoms with van der Waals surface area (Å²) in [6, 6.07) is 0.765. The highest BCUT2D eigenvalue weighted by molar-refractivity contribution is 7.99. The molecule has 298 valence electrons. The van der Waals surface area contributed by atoms with Crippen molar-refractivity contribution in [2.24, 2.45) is 0 Å². The van der Waals surface area contributed by atoms with E-state index >= 15 is 0 Å². The highest BCUT2D eigenvalue weighted by Gasteiger charge is 2.32. The lowest BCUT2D eigenvalue weighted by atomic mass is 10.0. The lowest BCUT2D eigenvalue weighted by Gasteiger charge is -2.45. The van der Waals surface area contributed by atoms with Crippen molar-refractivity contribution in [3.05, 3.63) is 0 Å². The summed E-state index contributed by atoms with van der Waals surface area (Å²) in [6.45, 7) is 11.9. The minimum atomic E-state index is -0.318. The fourth-order valence-electron chi connectivity index (χ4n) is 7.28. The van der Waals surface area contributed by atoms with Crippen molar-refractivity contribution in [3.8, 4) is 24.7 Å². The van der Waals surface area contributed by atoms with Crippen LogP contribution < -0.4 is 5.32 Å². The lowest BCUT2D eigenvalue weighted by molar-refractivity contribution is 0.0400. The van der Waals surface area contributed by atoms with Crippen LogP contribution in [0.15, 0.2) is 0 Å². The first-order valence-corrected chi connectivity index (χ1v) is 23.5. The molecule has 0 bridgehead atoms. The van der Waals surface area contributed by atoms with Crippen molar-refractivity contribution in [3.63, 3.8) is 0 Å². The van der Waals surface area contributed by atoms with Gasteiger partial charge in [-0.05, 0) is 19.9 Å². The fourth-order valence-corrected chi connectivity index (χ4v) is 9.15. The fraction of sp³-hybridized carbons (Fsp3) is 0.907. The van der Waals surface area contributed by atoms with E-state index in [4.69, 9.17) is 12.8 Å². The van der Waals surface area contributed by atoms with Crippen LogP contribution in [0.5, 0.6) is 0 Å².